The molecule has 0 aromatic heterocycles. The summed E-state index contributed by atoms with van der Waals surface area (Å²) in [4.78, 5) is 11.6. The Balaban J connectivity index is 1.80. The van der Waals surface area contributed by atoms with Crippen molar-refractivity contribution in [3.63, 3.8) is 0 Å². The zero-order valence-corrected chi connectivity index (χ0v) is 10.3. The fraction of sp³-hybridized carbons (Fsp3) is 0.400. The van der Waals surface area contributed by atoms with Gasteiger partial charge in [0, 0.05) is 6.08 Å². The molecule has 0 aliphatic heterocycles. The van der Waals surface area contributed by atoms with E-state index in [9.17, 15) is 9.90 Å². The predicted molar refractivity (Wildman–Crippen MR) is 69.8 cm³/mol. The van der Waals surface area contributed by atoms with Crippen LogP contribution in [0.3, 0.4) is 0 Å². The maximum absolute atomic E-state index is 11.6. The van der Waals surface area contributed by atoms with Gasteiger partial charge < -0.3 is 9.84 Å². The zero-order chi connectivity index (χ0) is 12.8. The number of rotatable bonds is 3. The van der Waals surface area contributed by atoms with E-state index >= 15 is 0 Å². The number of hydrogen-bond acceptors (Lipinski definition) is 3. The summed E-state index contributed by atoms with van der Waals surface area (Å²) in [6.45, 7) is 0. The second-order valence-corrected chi connectivity index (χ2v) is 4.61. The number of esters is 1. The third-order valence-corrected chi connectivity index (χ3v) is 3.14. The van der Waals surface area contributed by atoms with Crippen molar-refractivity contribution >= 4 is 12.0 Å². The van der Waals surface area contributed by atoms with Crippen LogP contribution < -0.4 is 0 Å². The average molecular weight is 246 g/mol. The molecule has 1 N–H and O–H groups in total. The third-order valence-electron chi connectivity index (χ3n) is 3.14. The van der Waals surface area contributed by atoms with Crippen LogP contribution in [0.5, 0.6) is 0 Å². The molecule has 0 bridgehead atoms. The first-order valence-electron chi connectivity index (χ1n) is 6.36. The lowest BCUT2D eigenvalue weighted by molar-refractivity contribution is -0.145. The van der Waals surface area contributed by atoms with Crippen LogP contribution in [0.2, 0.25) is 0 Å². The Morgan fingerprint density at radius 3 is 2.50 bits per heavy atom. The molecule has 18 heavy (non-hydrogen) atoms. The first kappa shape index (κ1) is 12.8. The summed E-state index contributed by atoms with van der Waals surface area (Å²) in [5.74, 6) is -0.305. The van der Waals surface area contributed by atoms with Gasteiger partial charge in [-0.05, 0) is 37.3 Å². The maximum atomic E-state index is 11.6. The Hall–Kier alpha value is -1.61. The van der Waals surface area contributed by atoms with Crippen molar-refractivity contribution in [2.24, 2.45) is 0 Å². The number of carbonyl (C=O) groups is 1. The highest BCUT2D eigenvalue weighted by Crippen LogP contribution is 2.21. The summed E-state index contributed by atoms with van der Waals surface area (Å²) in [7, 11) is 0. The molecule has 96 valence electrons. The van der Waals surface area contributed by atoms with E-state index in [-0.39, 0.29) is 18.2 Å². The van der Waals surface area contributed by atoms with Gasteiger partial charge >= 0.3 is 5.97 Å². The molecule has 0 radical (unpaired) electrons. The maximum Gasteiger partial charge on any atom is 0.331 e. The Morgan fingerprint density at radius 1 is 1.17 bits per heavy atom. The first-order valence-corrected chi connectivity index (χ1v) is 6.36. The Labute approximate surface area is 107 Å². The van der Waals surface area contributed by atoms with Crippen LogP contribution in [0.15, 0.2) is 36.4 Å². The standard InChI is InChI=1S/C15H18O3/c16-13-7-9-14(10-8-13)18-15(17)11-6-12-4-2-1-3-5-12/h1-6,11,13-14,16H,7-10H2. The van der Waals surface area contributed by atoms with Crippen LogP contribution in [0.1, 0.15) is 31.2 Å². The molecule has 3 nitrogen and oxygen atoms in total. The van der Waals surface area contributed by atoms with Crippen molar-refractivity contribution in [1.29, 1.82) is 0 Å². The van der Waals surface area contributed by atoms with Gasteiger partial charge in [-0.25, -0.2) is 4.79 Å². The van der Waals surface area contributed by atoms with E-state index in [1.54, 1.807) is 6.08 Å². The largest absolute Gasteiger partial charge is 0.459 e. The summed E-state index contributed by atoms with van der Waals surface area (Å²) < 4.78 is 5.32. The van der Waals surface area contributed by atoms with Crippen LogP contribution in [-0.4, -0.2) is 23.3 Å². The summed E-state index contributed by atoms with van der Waals surface area (Å²) >= 11 is 0. The van der Waals surface area contributed by atoms with E-state index in [2.05, 4.69) is 0 Å². The molecule has 1 aliphatic rings. The molecule has 0 heterocycles. The van der Waals surface area contributed by atoms with Gasteiger partial charge in [0.25, 0.3) is 0 Å². The van der Waals surface area contributed by atoms with E-state index in [1.807, 2.05) is 30.3 Å². The lowest BCUT2D eigenvalue weighted by Gasteiger charge is -2.24. The van der Waals surface area contributed by atoms with Crippen molar-refractivity contribution in [3.8, 4) is 0 Å². The SMILES string of the molecule is O=C(C=Cc1ccccc1)OC1CCC(O)CC1. The fourth-order valence-electron chi connectivity index (χ4n) is 2.10. The van der Waals surface area contributed by atoms with Gasteiger partial charge in [-0.1, -0.05) is 30.3 Å². The molecule has 3 heteroatoms. The highest BCUT2D eigenvalue weighted by Gasteiger charge is 2.21. The van der Waals surface area contributed by atoms with Gasteiger partial charge in [-0.15, -0.1) is 0 Å². The minimum absolute atomic E-state index is 0.0404. The predicted octanol–water partition coefficient (Wildman–Crippen LogP) is 2.55. The molecule has 0 amide bonds. The second-order valence-electron chi connectivity index (χ2n) is 4.61. The molecule has 0 unspecified atom stereocenters. The highest BCUT2D eigenvalue weighted by atomic mass is 16.5. The number of aliphatic hydroxyl groups is 1. The van der Waals surface area contributed by atoms with Crippen molar-refractivity contribution < 1.29 is 14.6 Å². The number of carbonyl (C=O) groups excluding carboxylic acids is 1. The first-order chi connectivity index (χ1) is 8.74. The molecule has 0 atom stereocenters. The van der Waals surface area contributed by atoms with Gasteiger partial charge in [0.1, 0.15) is 6.10 Å². The molecule has 2 rings (SSSR count). The molecule has 1 aromatic rings. The number of benzene rings is 1. The van der Waals surface area contributed by atoms with Crippen molar-refractivity contribution in [2.45, 2.75) is 37.9 Å². The Morgan fingerprint density at radius 2 is 1.83 bits per heavy atom. The van der Waals surface area contributed by atoms with Crippen LogP contribution in [0.4, 0.5) is 0 Å². The monoisotopic (exact) mass is 246 g/mol. The third kappa shape index (κ3) is 4.00. The van der Waals surface area contributed by atoms with E-state index in [0.29, 0.717) is 0 Å². The number of ether oxygens (including phenoxy) is 1. The van der Waals surface area contributed by atoms with E-state index in [4.69, 9.17) is 4.74 Å². The van der Waals surface area contributed by atoms with Crippen LogP contribution in [0, 0.1) is 0 Å². The summed E-state index contributed by atoms with van der Waals surface area (Å²) in [6.07, 6.45) is 5.90. The average Bonchev–Trinajstić information content (AvgIpc) is 2.40. The van der Waals surface area contributed by atoms with Crippen molar-refractivity contribution in [2.75, 3.05) is 0 Å². The fourth-order valence-corrected chi connectivity index (χ4v) is 2.10. The van der Waals surface area contributed by atoms with Gasteiger partial charge in [0.15, 0.2) is 0 Å². The van der Waals surface area contributed by atoms with Gasteiger partial charge in [0.05, 0.1) is 6.10 Å². The van der Waals surface area contributed by atoms with Gasteiger partial charge in [-0.3, -0.25) is 0 Å². The molecule has 1 aromatic carbocycles. The van der Waals surface area contributed by atoms with Crippen LogP contribution in [-0.2, 0) is 9.53 Å². The van der Waals surface area contributed by atoms with E-state index in [1.165, 1.54) is 6.08 Å². The molecule has 1 aliphatic carbocycles. The van der Waals surface area contributed by atoms with E-state index in [0.717, 1.165) is 31.2 Å². The molecule has 1 fully saturated rings. The number of hydrogen-bond donors (Lipinski definition) is 1. The lowest BCUT2D eigenvalue weighted by atomic mass is 9.95. The normalized spacial score (nSPS) is 24.1. The smallest absolute Gasteiger partial charge is 0.331 e. The summed E-state index contributed by atoms with van der Waals surface area (Å²) in [5, 5.41) is 9.36. The van der Waals surface area contributed by atoms with Crippen molar-refractivity contribution in [3.05, 3.63) is 42.0 Å². The minimum Gasteiger partial charge on any atom is -0.459 e. The molecule has 1 saturated carbocycles. The van der Waals surface area contributed by atoms with E-state index < -0.39 is 0 Å². The van der Waals surface area contributed by atoms with Gasteiger partial charge in [-0.2, -0.15) is 0 Å². The molecular weight excluding hydrogens is 228 g/mol. The van der Waals surface area contributed by atoms with Crippen LogP contribution >= 0.6 is 0 Å². The Bertz CT molecular complexity index is 403. The van der Waals surface area contributed by atoms with Gasteiger partial charge in [0.2, 0.25) is 0 Å². The van der Waals surface area contributed by atoms with Crippen LogP contribution in [0.25, 0.3) is 6.08 Å². The Kier molecular flexibility index (Phi) is 4.53. The minimum atomic E-state index is -0.305. The quantitative estimate of drug-likeness (QED) is 0.658. The lowest BCUT2D eigenvalue weighted by Crippen LogP contribution is -2.25. The summed E-state index contributed by atoms with van der Waals surface area (Å²) in [6, 6.07) is 9.64. The summed E-state index contributed by atoms with van der Waals surface area (Å²) in [5.41, 5.74) is 0.980. The zero-order valence-electron chi connectivity index (χ0n) is 10.3. The molecule has 0 saturated heterocycles. The number of aliphatic hydroxyl groups excluding tert-OH is 1. The molecular formula is C15H18O3. The van der Waals surface area contributed by atoms with Crippen molar-refractivity contribution in [1.82, 2.24) is 0 Å². The highest BCUT2D eigenvalue weighted by molar-refractivity contribution is 5.87. The molecule has 0 spiro atoms. The topological polar surface area (TPSA) is 46.5 Å². The second kappa shape index (κ2) is 6.36.